The first kappa shape index (κ1) is 17.4. The Balaban J connectivity index is 2.08. The van der Waals surface area contributed by atoms with E-state index < -0.39 is 17.6 Å². The van der Waals surface area contributed by atoms with Crippen LogP contribution >= 0.6 is 0 Å². The van der Waals surface area contributed by atoms with Crippen LogP contribution in [0.25, 0.3) is 0 Å². The van der Waals surface area contributed by atoms with Gasteiger partial charge in [0.1, 0.15) is 6.61 Å². The third kappa shape index (κ3) is 2.31. The number of carbonyl (C=O) groups is 1. The van der Waals surface area contributed by atoms with Crippen molar-refractivity contribution in [2.75, 3.05) is 6.61 Å². The quantitative estimate of drug-likeness (QED) is 0.616. The number of hydrogen-bond acceptors (Lipinski definition) is 4. The Hall–Kier alpha value is -1.39. The van der Waals surface area contributed by atoms with E-state index in [-0.39, 0.29) is 29.8 Å². The van der Waals surface area contributed by atoms with Crippen molar-refractivity contribution in [1.29, 1.82) is 0 Å². The van der Waals surface area contributed by atoms with E-state index in [1.807, 2.05) is 13.0 Å². The van der Waals surface area contributed by atoms with E-state index in [0.29, 0.717) is 18.4 Å². The minimum atomic E-state index is -0.673. The van der Waals surface area contributed by atoms with Gasteiger partial charge in [0.05, 0.1) is 17.6 Å². The predicted molar refractivity (Wildman–Crippen MR) is 92.1 cm³/mol. The van der Waals surface area contributed by atoms with Crippen LogP contribution in [-0.4, -0.2) is 35.0 Å². The molecule has 1 saturated heterocycles. The van der Waals surface area contributed by atoms with Gasteiger partial charge in [-0.3, -0.25) is 0 Å². The van der Waals surface area contributed by atoms with Crippen molar-refractivity contribution < 1.29 is 19.7 Å². The molecule has 0 amide bonds. The topological polar surface area (TPSA) is 66.8 Å². The molecular weight excluding hydrogens is 304 g/mol. The Kier molecular flexibility index (Phi) is 4.25. The lowest BCUT2D eigenvalue weighted by Gasteiger charge is -2.58. The van der Waals surface area contributed by atoms with Crippen LogP contribution in [-0.2, 0) is 9.53 Å². The zero-order valence-corrected chi connectivity index (χ0v) is 14.8. The molecule has 6 atom stereocenters. The van der Waals surface area contributed by atoms with E-state index >= 15 is 0 Å². The van der Waals surface area contributed by atoms with E-state index in [0.717, 1.165) is 12.0 Å². The maximum absolute atomic E-state index is 12.2. The third-order valence-corrected chi connectivity index (χ3v) is 6.90. The summed E-state index contributed by atoms with van der Waals surface area (Å²) in [5.74, 6) is -0.106. The van der Waals surface area contributed by atoms with E-state index in [1.165, 1.54) is 0 Å². The number of carbonyl (C=O) groups excluding carboxylic acids is 1. The minimum Gasteiger partial charge on any atom is -0.461 e. The first-order valence-corrected chi connectivity index (χ1v) is 8.80. The molecule has 4 heteroatoms. The maximum atomic E-state index is 12.2. The van der Waals surface area contributed by atoms with Crippen molar-refractivity contribution >= 4 is 5.97 Å². The fourth-order valence-electron chi connectivity index (χ4n) is 5.09. The van der Waals surface area contributed by atoms with Gasteiger partial charge in [0.2, 0.25) is 0 Å². The second-order valence-corrected chi connectivity index (χ2v) is 8.07. The molecule has 2 fully saturated rings. The second kappa shape index (κ2) is 5.85. The van der Waals surface area contributed by atoms with E-state index in [2.05, 4.69) is 26.5 Å². The lowest BCUT2D eigenvalue weighted by Crippen LogP contribution is -2.59. The molecule has 0 aromatic carbocycles. The second-order valence-electron chi connectivity index (χ2n) is 8.07. The third-order valence-electron chi connectivity index (χ3n) is 6.90. The largest absolute Gasteiger partial charge is 0.461 e. The Morgan fingerprint density at radius 3 is 2.83 bits per heavy atom. The Labute approximate surface area is 143 Å². The molecule has 3 rings (SSSR count). The Bertz CT molecular complexity index is 619. The molecule has 24 heavy (non-hydrogen) atoms. The molecule has 4 nitrogen and oxygen atoms in total. The summed E-state index contributed by atoms with van der Waals surface area (Å²) in [5.41, 5.74) is 0.807. The highest BCUT2D eigenvalue weighted by atomic mass is 16.5. The highest BCUT2D eigenvalue weighted by molar-refractivity contribution is 5.93. The summed E-state index contributed by atoms with van der Waals surface area (Å²) in [6, 6.07) is 0. The molecule has 1 spiro atoms. The molecule has 0 radical (unpaired) electrons. The Morgan fingerprint density at radius 1 is 1.46 bits per heavy atom. The Morgan fingerprint density at radius 2 is 2.17 bits per heavy atom. The number of aliphatic hydroxyl groups excluding tert-OH is 2. The summed E-state index contributed by atoms with van der Waals surface area (Å²) >= 11 is 0. The van der Waals surface area contributed by atoms with Crippen molar-refractivity contribution in [2.24, 2.45) is 22.7 Å². The van der Waals surface area contributed by atoms with Crippen molar-refractivity contribution in [3.05, 3.63) is 36.0 Å². The molecule has 1 aliphatic heterocycles. The summed E-state index contributed by atoms with van der Waals surface area (Å²) in [7, 11) is 0. The van der Waals surface area contributed by atoms with Gasteiger partial charge < -0.3 is 14.9 Å². The van der Waals surface area contributed by atoms with E-state index in [9.17, 15) is 15.0 Å². The number of rotatable bonds is 3. The van der Waals surface area contributed by atoms with Gasteiger partial charge in [0.15, 0.2) is 0 Å². The van der Waals surface area contributed by atoms with Crippen LogP contribution in [0.3, 0.4) is 0 Å². The highest BCUT2D eigenvalue weighted by Gasteiger charge is 2.65. The number of esters is 1. The van der Waals surface area contributed by atoms with Crippen LogP contribution in [0.5, 0.6) is 0 Å². The van der Waals surface area contributed by atoms with Crippen molar-refractivity contribution in [3.8, 4) is 0 Å². The van der Waals surface area contributed by atoms with Crippen molar-refractivity contribution in [3.63, 3.8) is 0 Å². The van der Waals surface area contributed by atoms with E-state index in [1.54, 1.807) is 6.08 Å². The lowest BCUT2D eigenvalue weighted by molar-refractivity contribution is -0.144. The van der Waals surface area contributed by atoms with Crippen LogP contribution in [0, 0.1) is 22.7 Å². The fraction of sp³-hybridized carbons (Fsp3) is 0.650. The van der Waals surface area contributed by atoms with Crippen LogP contribution in [0.4, 0.5) is 0 Å². The maximum Gasteiger partial charge on any atom is 0.334 e. The van der Waals surface area contributed by atoms with Gasteiger partial charge in [-0.15, -0.1) is 0 Å². The molecule has 2 N–H and O–H groups in total. The lowest BCUT2D eigenvalue weighted by atomic mass is 9.45. The smallest absolute Gasteiger partial charge is 0.334 e. The zero-order valence-electron chi connectivity index (χ0n) is 14.8. The molecule has 1 saturated carbocycles. The van der Waals surface area contributed by atoms with Crippen LogP contribution in [0.2, 0.25) is 0 Å². The van der Waals surface area contributed by atoms with Crippen LogP contribution in [0.1, 0.15) is 40.0 Å². The predicted octanol–water partition coefficient (Wildman–Crippen LogP) is 2.77. The molecule has 132 valence electrons. The van der Waals surface area contributed by atoms with Crippen LogP contribution in [0.15, 0.2) is 36.0 Å². The van der Waals surface area contributed by atoms with Gasteiger partial charge in [0, 0.05) is 5.57 Å². The number of hydrogen-bond donors (Lipinski definition) is 2. The SMILES string of the molecule is C=C/C(C)=C/C[C@]1(C)[C@H](C)C[C@H](O)[C@@]23COC(=O)C2=C[C@H](O)C[C@@H]13. The summed E-state index contributed by atoms with van der Waals surface area (Å²) in [6.45, 7) is 10.4. The van der Waals surface area contributed by atoms with Gasteiger partial charge in [-0.05, 0) is 49.5 Å². The molecule has 2 aliphatic carbocycles. The highest BCUT2D eigenvalue weighted by Crippen LogP contribution is 2.63. The average Bonchev–Trinajstić information content (AvgIpc) is 2.88. The fourth-order valence-corrected chi connectivity index (χ4v) is 5.09. The average molecular weight is 332 g/mol. The first-order valence-electron chi connectivity index (χ1n) is 8.80. The standard InChI is InChI=1S/C20H28O4/c1-5-12(2)6-7-19(4)13(3)8-17(22)20-11-24-18(23)15(20)9-14(21)10-16(19)20/h5-6,9,13-14,16-17,21-22H,1,7-8,10-11H2,2-4H3/b12-6+/t13-,14+,16+,17+,19-,20+/m1/s1. The number of cyclic esters (lactones) is 1. The van der Waals surface area contributed by atoms with Gasteiger partial charge in [-0.25, -0.2) is 4.79 Å². The van der Waals surface area contributed by atoms with Gasteiger partial charge in [-0.2, -0.15) is 0 Å². The van der Waals surface area contributed by atoms with Crippen LogP contribution < -0.4 is 0 Å². The normalized spacial score (nSPS) is 45.1. The van der Waals surface area contributed by atoms with Crippen molar-refractivity contribution in [1.82, 2.24) is 0 Å². The number of allylic oxidation sites excluding steroid dienone is 3. The summed E-state index contributed by atoms with van der Waals surface area (Å²) in [6.07, 6.45) is 6.37. The van der Waals surface area contributed by atoms with E-state index in [4.69, 9.17) is 4.74 Å². The zero-order chi connectivity index (χ0) is 17.7. The molecular formula is C20H28O4. The molecule has 0 unspecified atom stereocenters. The first-order chi connectivity index (χ1) is 11.3. The number of aliphatic hydroxyl groups is 2. The summed E-state index contributed by atoms with van der Waals surface area (Å²) in [4.78, 5) is 12.2. The monoisotopic (exact) mass is 332 g/mol. The molecule has 0 bridgehead atoms. The summed E-state index contributed by atoms with van der Waals surface area (Å²) in [5, 5.41) is 21.2. The summed E-state index contributed by atoms with van der Waals surface area (Å²) < 4.78 is 5.34. The molecule has 3 aliphatic rings. The molecule has 1 heterocycles. The van der Waals surface area contributed by atoms with Gasteiger partial charge in [0.25, 0.3) is 0 Å². The number of ether oxygens (including phenoxy) is 1. The van der Waals surface area contributed by atoms with Crippen molar-refractivity contribution in [2.45, 2.75) is 52.2 Å². The molecule has 0 aromatic heterocycles. The minimum absolute atomic E-state index is 0.000865. The van der Waals surface area contributed by atoms with Gasteiger partial charge >= 0.3 is 5.97 Å². The van der Waals surface area contributed by atoms with Gasteiger partial charge in [-0.1, -0.05) is 38.2 Å². The molecule has 0 aromatic rings.